The number of aliphatic hydroxyl groups is 2. The normalized spacial score (nSPS) is 19.0. The molecule has 0 aromatic heterocycles. The molecule has 0 aromatic carbocycles. The van der Waals surface area contributed by atoms with Crippen LogP contribution < -0.4 is 4.89 Å². The van der Waals surface area contributed by atoms with Gasteiger partial charge in [-0.15, -0.1) is 0 Å². The fraction of sp³-hybridized carbons (Fsp3) is 0.896. The van der Waals surface area contributed by atoms with Gasteiger partial charge in [-0.1, -0.05) is 167 Å². The Morgan fingerprint density at radius 1 is 0.738 bits per heavy atom. The van der Waals surface area contributed by atoms with Crippen LogP contribution in [0.3, 0.4) is 0 Å². The highest BCUT2D eigenvalue weighted by Crippen LogP contribution is 2.38. The zero-order valence-electron chi connectivity index (χ0n) is 39.3. The number of Topliss-reactive ketones (excluding diaryl/α,β-unsaturated/α-hetero) is 1. The standard InChI is InChI=1S/C48H90NO11P/c1-6-8-10-11-12-13-14-15-16-17-18-19-20-21-22-23-29-33-48(54)60-42(40-59-61(55,56)58-37-36-49(3,4)5)39-57-47(53)32-28-25-24-27-31-43-44(46(52)38-45(43)51)35-34-41(50)30-26-9-7-2/h34-35,41-45,50-51H,6-33,36-40H2,1-5H3/b35-34+/t41-,42+,43+,44+,45-/m0/s1. The Morgan fingerprint density at radius 2 is 1.23 bits per heavy atom. The fourth-order valence-corrected chi connectivity index (χ4v) is 8.52. The predicted octanol–water partition coefficient (Wildman–Crippen LogP) is 10.1. The minimum atomic E-state index is -4.68. The van der Waals surface area contributed by atoms with Crippen molar-refractivity contribution in [3.8, 4) is 0 Å². The molecule has 0 bridgehead atoms. The summed E-state index contributed by atoms with van der Waals surface area (Å²) in [5.41, 5.74) is 0. The van der Waals surface area contributed by atoms with Crippen molar-refractivity contribution < 1.29 is 57.1 Å². The zero-order chi connectivity index (χ0) is 45.2. The minimum Gasteiger partial charge on any atom is -0.756 e. The Hall–Kier alpha value is -1.66. The molecule has 0 aromatic rings. The third kappa shape index (κ3) is 32.6. The molecule has 61 heavy (non-hydrogen) atoms. The molecule has 12 nitrogen and oxygen atoms in total. The summed E-state index contributed by atoms with van der Waals surface area (Å²) in [6.45, 7) is 3.89. The lowest BCUT2D eigenvalue weighted by Gasteiger charge is -2.28. The number of ketones is 1. The van der Waals surface area contributed by atoms with Crippen LogP contribution in [0.5, 0.6) is 0 Å². The van der Waals surface area contributed by atoms with E-state index in [0.717, 1.165) is 57.8 Å². The minimum absolute atomic E-state index is 0.00694. The molecule has 1 aliphatic rings. The average Bonchev–Trinajstić information content (AvgIpc) is 3.47. The number of allylic oxidation sites excluding steroid dienone is 1. The molecule has 0 saturated heterocycles. The van der Waals surface area contributed by atoms with Crippen molar-refractivity contribution in [1.82, 2.24) is 0 Å². The van der Waals surface area contributed by atoms with E-state index in [9.17, 15) is 34.1 Å². The third-order valence-corrected chi connectivity index (χ3v) is 12.7. The first kappa shape index (κ1) is 57.4. The number of ether oxygens (including phenoxy) is 2. The lowest BCUT2D eigenvalue weighted by molar-refractivity contribution is -0.870. The predicted molar refractivity (Wildman–Crippen MR) is 242 cm³/mol. The van der Waals surface area contributed by atoms with E-state index in [1.165, 1.54) is 83.5 Å². The first-order valence-corrected chi connectivity index (χ1v) is 26.0. The largest absolute Gasteiger partial charge is 0.756 e. The molecule has 0 aliphatic heterocycles. The summed E-state index contributed by atoms with van der Waals surface area (Å²) in [5, 5.41) is 20.8. The smallest absolute Gasteiger partial charge is 0.306 e. The van der Waals surface area contributed by atoms with Gasteiger partial charge in [-0.25, -0.2) is 0 Å². The quantitative estimate of drug-likeness (QED) is 0.0197. The number of likely N-dealkylation sites (N-methyl/N-ethyl adjacent to an activating group) is 1. The van der Waals surface area contributed by atoms with Crippen LogP contribution in [0, 0.1) is 11.8 Å². The Labute approximate surface area is 371 Å². The van der Waals surface area contributed by atoms with E-state index in [1.807, 2.05) is 21.1 Å². The average molecular weight is 888 g/mol. The van der Waals surface area contributed by atoms with Gasteiger partial charge in [0.25, 0.3) is 7.82 Å². The maximum Gasteiger partial charge on any atom is 0.306 e. The van der Waals surface area contributed by atoms with Gasteiger partial charge >= 0.3 is 11.9 Å². The van der Waals surface area contributed by atoms with Crippen LogP contribution in [0.1, 0.15) is 200 Å². The Balaban J connectivity index is 2.41. The fourth-order valence-electron chi connectivity index (χ4n) is 7.80. The summed E-state index contributed by atoms with van der Waals surface area (Å²) in [6.07, 6.45) is 29.9. The summed E-state index contributed by atoms with van der Waals surface area (Å²) in [6, 6.07) is 0. The van der Waals surface area contributed by atoms with E-state index in [1.54, 1.807) is 12.2 Å². The van der Waals surface area contributed by atoms with Crippen molar-refractivity contribution in [1.29, 1.82) is 0 Å². The lowest BCUT2D eigenvalue weighted by Crippen LogP contribution is -2.37. The molecule has 0 amide bonds. The number of hydrogen-bond donors (Lipinski definition) is 2. The summed E-state index contributed by atoms with van der Waals surface area (Å²) >= 11 is 0. The van der Waals surface area contributed by atoms with E-state index < -0.39 is 44.7 Å². The first-order chi connectivity index (χ1) is 29.2. The number of nitrogens with zero attached hydrogens (tertiary/aromatic N) is 1. The van der Waals surface area contributed by atoms with Crippen molar-refractivity contribution in [3.63, 3.8) is 0 Å². The molecule has 0 heterocycles. The molecule has 1 fully saturated rings. The van der Waals surface area contributed by atoms with Gasteiger partial charge in [0, 0.05) is 25.2 Å². The summed E-state index contributed by atoms with van der Waals surface area (Å²) < 4.78 is 34.0. The van der Waals surface area contributed by atoms with Crippen LogP contribution in [0.4, 0.5) is 0 Å². The van der Waals surface area contributed by atoms with Gasteiger partial charge in [-0.05, 0) is 31.6 Å². The summed E-state index contributed by atoms with van der Waals surface area (Å²) in [7, 11) is 1.05. The number of phosphoric acid groups is 1. The van der Waals surface area contributed by atoms with E-state index >= 15 is 0 Å². The van der Waals surface area contributed by atoms with Gasteiger partial charge in [0.1, 0.15) is 25.5 Å². The number of rotatable bonds is 41. The Morgan fingerprint density at radius 3 is 1.77 bits per heavy atom. The number of aliphatic hydroxyl groups excluding tert-OH is 2. The maximum atomic E-state index is 12.8. The number of carbonyl (C=O) groups is 3. The SMILES string of the molecule is CCCCCCCCCCCCCCCCCCCC(=O)O[C@H](COC(=O)CCCCCC[C@H]1[C@@H](O)CC(=O)[C@@H]1/C=C/[C@@H](O)CCCCC)COP(=O)([O-])OCC[N+](C)(C)C. The van der Waals surface area contributed by atoms with Crippen molar-refractivity contribution in [2.45, 2.75) is 218 Å². The third-order valence-electron chi connectivity index (χ3n) is 11.7. The van der Waals surface area contributed by atoms with E-state index in [0.29, 0.717) is 36.7 Å². The molecule has 2 N–H and O–H groups in total. The number of quaternary nitrogens is 1. The first-order valence-electron chi connectivity index (χ1n) is 24.5. The topological polar surface area (TPSA) is 169 Å². The van der Waals surface area contributed by atoms with Gasteiger partial charge in [-0.2, -0.15) is 0 Å². The highest BCUT2D eigenvalue weighted by atomic mass is 31.2. The monoisotopic (exact) mass is 888 g/mol. The van der Waals surface area contributed by atoms with E-state index in [4.69, 9.17) is 18.5 Å². The number of esters is 2. The van der Waals surface area contributed by atoms with Crippen molar-refractivity contribution in [2.24, 2.45) is 11.8 Å². The molecular weight excluding hydrogens is 797 g/mol. The second-order valence-corrected chi connectivity index (χ2v) is 20.0. The van der Waals surface area contributed by atoms with Crippen LogP contribution in [-0.2, 0) is 37.5 Å². The summed E-state index contributed by atoms with van der Waals surface area (Å²) in [4.78, 5) is 50.4. The Kier molecular flexibility index (Phi) is 33.5. The van der Waals surface area contributed by atoms with Gasteiger partial charge in [0.15, 0.2) is 6.10 Å². The van der Waals surface area contributed by atoms with Gasteiger partial charge in [0.05, 0.1) is 40.0 Å². The highest BCUT2D eigenvalue weighted by molar-refractivity contribution is 7.45. The Bertz CT molecular complexity index is 1210. The van der Waals surface area contributed by atoms with Gasteiger partial charge < -0.3 is 38.1 Å². The van der Waals surface area contributed by atoms with Gasteiger partial charge in [-0.3, -0.25) is 18.9 Å². The van der Waals surface area contributed by atoms with Crippen LogP contribution in [0.15, 0.2) is 12.2 Å². The second-order valence-electron chi connectivity index (χ2n) is 18.6. The van der Waals surface area contributed by atoms with Crippen LogP contribution >= 0.6 is 7.82 Å². The van der Waals surface area contributed by atoms with Crippen LogP contribution in [0.2, 0.25) is 0 Å². The zero-order valence-corrected chi connectivity index (χ0v) is 40.2. The number of hydrogen-bond acceptors (Lipinski definition) is 11. The molecule has 1 aliphatic carbocycles. The van der Waals surface area contributed by atoms with E-state index in [-0.39, 0.29) is 50.1 Å². The van der Waals surface area contributed by atoms with Crippen LogP contribution in [0.25, 0.3) is 0 Å². The molecule has 0 radical (unpaired) electrons. The summed E-state index contributed by atoms with van der Waals surface area (Å²) in [5.74, 6) is -1.54. The molecule has 6 atom stereocenters. The molecule has 1 saturated carbocycles. The van der Waals surface area contributed by atoms with E-state index in [2.05, 4.69) is 13.8 Å². The molecule has 1 rings (SSSR count). The molecule has 13 heteroatoms. The lowest BCUT2D eigenvalue weighted by atomic mass is 9.88. The van der Waals surface area contributed by atoms with Crippen LogP contribution in [-0.4, -0.2) is 98.2 Å². The van der Waals surface area contributed by atoms with Crippen molar-refractivity contribution in [3.05, 3.63) is 12.2 Å². The van der Waals surface area contributed by atoms with Gasteiger partial charge in [0.2, 0.25) is 0 Å². The molecule has 0 spiro atoms. The molecular formula is C48H90NO11P. The molecule has 358 valence electrons. The highest BCUT2D eigenvalue weighted by Gasteiger charge is 2.39. The number of unbranched alkanes of at least 4 members (excludes halogenated alkanes) is 21. The maximum absolute atomic E-state index is 12.8. The van der Waals surface area contributed by atoms with Crippen molar-refractivity contribution >= 4 is 25.5 Å². The number of carbonyl (C=O) groups excluding carboxylic acids is 3. The second kappa shape index (κ2) is 35.7. The molecule has 1 unspecified atom stereocenters. The van der Waals surface area contributed by atoms with Crippen molar-refractivity contribution in [2.75, 3.05) is 47.5 Å². The number of phosphoric ester groups is 1.